The summed E-state index contributed by atoms with van der Waals surface area (Å²) in [4.78, 5) is 17.2. The SMILES string of the molecule is COc1n[nH]c2cc(NC(=O)NC(c3ccccc3)[C@H]3CCCO3)nc([C@H](C)O)c12. The molecule has 3 atom stereocenters. The van der Waals surface area contributed by atoms with E-state index in [1.165, 1.54) is 7.11 Å². The lowest BCUT2D eigenvalue weighted by atomic mass is 9.99. The van der Waals surface area contributed by atoms with Crippen LogP contribution in [0, 0.1) is 0 Å². The summed E-state index contributed by atoms with van der Waals surface area (Å²) in [6.07, 6.45) is 0.894. The molecule has 2 amide bonds. The summed E-state index contributed by atoms with van der Waals surface area (Å²) in [5.74, 6) is 0.633. The molecule has 0 radical (unpaired) electrons. The number of hydrogen-bond donors (Lipinski definition) is 4. The number of rotatable bonds is 6. The number of nitrogens with one attached hydrogen (secondary N) is 3. The Morgan fingerprint density at radius 2 is 2.17 bits per heavy atom. The minimum Gasteiger partial charge on any atom is -0.479 e. The minimum atomic E-state index is -0.868. The van der Waals surface area contributed by atoms with Crippen LogP contribution in [0.15, 0.2) is 36.4 Å². The lowest BCUT2D eigenvalue weighted by Crippen LogP contribution is -2.38. The maximum Gasteiger partial charge on any atom is 0.320 e. The first-order chi connectivity index (χ1) is 14.6. The van der Waals surface area contributed by atoms with E-state index in [0.29, 0.717) is 34.9 Å². The Labute approximate surface area is 173 Å². The van der Waals surface area contributed by atoms with E-state index in [1.807, 2.05) is 30.3 Å². The Hall–Kier alpha value is -3.17. The number of anilines is 1. The van der Waals surface area contributed by atoms with Crippen LogP contribution in [0.5, 0.6) is 5.88 Å². The van der Waals surface area contributed by atoms with Crippen LogP contribution in [-0.4, -0.2) is 46.1 Å². The largest absolute Gasteiger partial charge is 0.479 e. The summed E-state index contributed by atoms with van der Waals surface area (Å²) in [7, 11) is 1.50. The van der Waals surface area contributed by atoms with Crippen LogP contribution in [0.2, 0.25) is 0 Å². The zero-order chi connectivity index (χ0) is 21.1. The number of aromatic nitrogens is 3. The molecule has 1 aromatic carbocycles. The molecular weight excluding hydrogens is 386 g/mol. The smallest absolute Gasteiger partial charge is 0.320 e. The van der Waals surface area contributed by atoms with E-state index in [1.54, 1.807) is 13.0 Å². The summed E-state index contributed by atoms with van der Waals surface area (Å²) in [5, 5.41) is 23.4. The number of pyridine rings is 1. The number of fused-ring (bicyclic) bond motifs is 1. The quantitative estimate of drug-likeness (QED) is 0.495. The van der Waals surface area contributed by atoms with Crippen LogP contribution in [0.3, 0.4) is 0 Å². The van der Waals surface area contributed by atoms with Gasteiger partial charge in [-0.15, -0.1) is 5.10 Å². The predicted octanol–water partition coefficient (Wildman–Crippen LogP) is 3.06. The molecule has 1 fully saturated rings. The fraction of sp³-hybridized carbons (Fsp3) is 0.381. The second-order valence-corrected chi connectivity index (χ2v) is 7.26. The number of methoxy groups -OCH3 is 1. The molecule has 4 N–H and O–H groups in total. The molecule has 4 rings (SSSR count). The number of H-pyrrole nitrogens is 1. The van der Waals surface area contributed by atoms with Crippen molar-refractivity contribution in [1.82, 2.24) is 20.5 Å². The number of aliphatic hydroxyl groups is 1. The molecule has 1 aliphatic rings. The number of urea groups is 1. The van der Waals surface area contributed by atoms with Gasteiger partial charge in [-0.3, -0.25) is 10.4 Å². The highest BCUT2D eigenvalue weighted by atomic mass is 16.5. The maximum absolute atomic E-state index is 12.8. The number of amides is 2. The number of ether oxygens (including phenoxy) is 2. The van der Waals surface area contributed by atoms with Crippen LogP contribution in [0.4, 0.5) is 10.6 Å². The predicted molar refractivity (Wildman–Crippen MR) is 111 cm³/mol. The van der Waals surface area contributed by atoms with Gasteiger partial charge >= 0.3 is 6.03 Å². The van der Waals surface area contributed by atoms with Crippen molar-refractivity contribution in [2.24, 2.45) is 0 Å². The highest BCUT2D eigenvalue weighted by Gasteiger charge is 2.29. The second-order valence-electron chi connectivity index (χ2n) is 7.26. The van der Waals surface area contributed by atoms with Crippen molar-refractivity contribution in [3.63, 3.8) is 0 Å². The molecule has 3 aromatic rings. The van der Waals surface area contributed by atoms with Gasteiger partial charge in [0.1, 0.15) is 5.82 Å². The van der Waals surface area contributed by atoms with Crippen molar-refractivity contribution >= 4 is 22.8 Å². The number of hydrogen-bond acceptors (Lipinski definition) is 6. The topological polar surface area (TPSA) is 121 Å². The second kappa shape index (κ2) is 8.68. The molecule has 30 heavy (non-hydrogen) atoms. The van der Waals surface area contributed by atoms with Crippen LogP contribution in [0.25, 0.3) is 10.9 Å². The van der Waals surface area contributed by atoms with Gasteiger partial charge in [-0.25, -0.2) is 9.78 Å². The van der Waals surface area contributed by atoms with Crippen molar-refractivity contribution in [2.45, 2.75) is 38.0 Å². The van der Waals surface area contributed by atoms with Gasteiger partial charge in [0, 0.05) is 12.7 Å². The molecule has 0 spiro atoms. The third kappa shape index (κ3) is 4.07. The molecule has 0 bridgehead atoms. The van der Waals surface area contributed by atoms with Gasteiger partial charge in [-0.05, 0) is 25.3 Å². The third-order valence-electron chi connectivity index (χ3n) is 5.15. The van der Waals surface area contributed by atoms with E-state index < -0.39 is 12.1 Å². The number of aromatic amines is 1. The van der Waals surface area contributed by atoms with E-state index in [0.717, 1.165) is 18.4 Å². The van der Waals surface area contributed by atoms with E-state index in [-0.39, 0.29) is 12.1 Å². The monoisotopic (exact) mass is 411 g/mol. The maximum atomic E-state index is 12.8. The standard InChI is InChI=1S/C21H25N5O4/c1-12(27)18-17-14(25-26-20(17)29-2)11-16(22-18)23-21(28)24-19(15-9-6-10-30-15)13-7-4-3-5-8-13/h3-5,7-8,11-12,15,19,27H,6,9-10H2,1-2H3,(H,25,26)(H2,22,23,24,28)/t12-,15+,19?/m0/s1. The molecule has 0 aliphatic carbocycles. The Balaban J connectivity index is 1.57. The molecule has 158 valence electrons. The van der Waals surface area contributed by atoms with Gasteiger partial charge in [0.25, 0.3) is 0 Å². The minimum absolute atomic E-state index is 0.0847. The van der Waals surface area contributed by atoms with Crippen molar-refractivity contribution < 1.29 is 19.4 Å². The first kappa shape index (κ1) is 20.1. The zero-order valence-corrected chi connectivity index (χ0v) is 16.9. The number of carbonyl (C=O) groups excluding carboxylic acids is 1. The molecule has 1 saturated heterocycles. The first-order valence-corrected chi connectivity index (χ1v) is 9.92. The molecule has 0 saturated carbocycles. The van der Waals surface area contributed by atoms with Gasteiger partial charge < -0.3 is 19.9 Å². The fourth-order valence-electron chi connectivity index (χ4n) is 3.77. The summed E-state index contributed by atoms with van der Waals surface area (Å²) in [6.45, 7) is 2.29. The van der Waals surface area contributed by atoms with E-state index in [2.05, 4.69) is 25.8 Å². The molecule has 3 heterocycles. The van der Waals surface area contributed by atoms with Crippen molar-refractivity contribution in [1.29, 1.82) is 0 Å². The lowest BCUT2D eigenvalue weighted by Gasteiger charge is -2.25. The third-order valence-corrected chi connectivity index (χ3v) is 5.15. The number of aliphatic hydroxyl groups excluding tert-OH is 1. The van der Waals surface area contributed by atoms with Crippen LogP contribution >= 0.6 is 0 Å². The zero-order valence-electron chi connectivity index (χ0n) is 16.9. The summed E-state index contributed by atoms with van der Waals surface area (Å²) in [5.41, 5.74) is 1.95. The van der Waals surface area contributed by atoms with Gasteiger partial charge in [0.15, 0.2) is 0 Å². The summed E-state index contributed by atoms with van der Waals surface area (Å²) >= 11 is 0. The molecule has 1 aliphatic heterocycles. The Kier molecular flexibility index (Phi) is 5.82. The van der Waals surface area contributed by atoms with E-state index in [9.17, 15) is 9.90 Å². The summed E-state index contributed by atoms with van der Waals surface area (Å²) in [6, 6.07) is 10.7. The van der Waals surface area contributed by atoms with Gasteiger partial charge in [0.2, 0.25) is 5.88 Å². The van der Waals surface area contributed by atoms with E-state index >= 15 is 0 Å². The normalized spacial score (nSPS) is 18.2. The Morgan fingerprint density at radius 1 is 1.37 bits per heavy atom. The van der Waals surface area contributed by atoms with Gasteiger partial charge in [-0.1, -0.05) is 30.3 Å². The number of carbonyl (C=O) groups is 1. The average Bonchev–Trinajstić information content (AvgIpc) is 3.42. The van der Waals surface area contributed by atoms with Crippen molar-refractivity contribution in [3.8, 4) is 5.88 Å². The highest BCUT2D eigenvalue weighted by molar-refractivity contribution is 5.93. The highest BCUT2D eigenvalue weighted by Crippen LogP contribution is 2.31. The fourth-order valence-corrected chi connectivity index (χ4v) is 3.77. The first-order valence-electron chi connectivity index (χ1n) is 9.92. The number of benzene rings is 1. The van der Waals surface area contributed by atoms with Crippen LogP contribution in [-0.2, 0) is 4.74 Å². The van der Waals surface area contributed by atoms with Gasteiger partial charge in [-0.2, -0.15) is 0 Å². The molecular formula is C21H25N5O4. The molecule has 9 heteroatoms. The van der Waals surface area contributed by atoms with Crippen LogP contribution < -0.4 is 15.4 Å². The van der Waals surface area contributed by atoms with Gasteiger partial charge in [0.05, 0.1) is 42.0 Å². The molecule has 2 aromatic heterocycles. The van der Waals surface area contributed by atoms with Crippen molar-refractivity contribution in [3.05, 3.63) is 47.7 Å². The molecule has 1 unspecified atom stereocenters. The molecule has 9 nitrogen and oxygen atoms in total. The average molecular weight is 411 g/mol. The Morgan fingerprint density at radius 3 is 2.83 bits per heavy atom. The number of nitrogens with zero attached hydrogens (tertiary/aromatic N) is 2. The van der Waals surface area contributed by atoms with Crippen molar-refractivity contribution in [2.75, 3.05) is 19.0 Å². The van der Waals surface area contributed by atoms with E-state index in [4.69, 9.17) is 9.47 Å². The Bertz CT molecular complexity index is 1010. The summed E-state index contributed by atoms with van der Waals surface area (Å²) < 4.78 is 11.1. The lowest BCUT2D eigenvalue weighted by molar-refractivity contribution is 0.0815. The van der Waals surface area contributed by atoms with Crippen LogP contribution in [0.1, 0.15) is 43.2 Å².